The van der Waals surface area contributed by atoms with Gasteiger partial charge in [-0.15, -0.1) is 0 Å². The molecule has 110 valence electrons. The number of aromatic carboxylic acids is 1. The first-order chi connectivity index (χ1) is 10.6. The van der Waals surface area contributed by atoms with E-state index in [1.165, 1.54) is 12.1 Å². The Kier molecular flexibility index (Phi) is 3.70. The highest BCUT2D eigenvalue weighted by molar-refractivity contribution is 5.98. The molecule has 1 aromatic heterocycles. The van der Waals surface area contributed by atoms with Crippen molar-refractivity contribution in [1.29, 1.82) is 0 Å². The van der Waals surface area contributed by atoms with Crippen LogP contribution in [0.25, 0.3) is 10.8 Å². The fourth-order valence-electron chi connectivity index (χ4n) is 2.24. The van der Waals surface area contributed by atoms with Crippen molar-refractivity contribution in [2.75, 3.05) is 5.32 Å². The first-order valence-electron chi connectivity index (χ1n) is 6.74. The highest BCUT2D eigenvalue weighted by Gasteiger charge is 2.07. The number of carboxylic acid groups (broad SMARTS) is 1. The van der Waals surface area contributed by atoms with E-state index in [1.807, 2.05) is 0 Å². The van der Waals surface area contributed by atoms with E-state index < -0.39 is 5.97 Å². The summed E-state index contributed by atoms with van der Waals surface area (Å²) in [6, 6.07) is 12.9. The van der Waals surface area contributed by atoms with Crippen molar-refractivity contribution in [1.82, 2.24) is 4.98 Å². The van der Waals surface area contributed by atoms with Gasteiger partial charge in [-0.3, -0.25) is 0 Å². The maximum Gasteiger partial charge on any atom is 0.335 e. The van der Waals surface area contributed by atoms with E-state index in [4.69, 9.17) is 5.11 Å². The van der Waals surface area contributed by atoms with Gasteiger partial charge < -0.3 is 10.4 Å². The summed E-state index contributed by atoms with van der Waals surface area (Å²) in [5, 5.41) is 13.9. The van der Waals surface area contributed by atoms with Crippen LogP contribution < -0.4 is 5.32 Å². The Morgan fingerprint density at radius 2 is 1.91 bits per heavy atom. The molecular formula is C17H13FN2O2. The number of carboxylic acids is 1. The maximum absolute atomic E-state index is 12.9. The molecule has 0 saturated carbocycles. The van der Waals surface area contributed by atoms with Gasteiger partial charge in [-0.25, -0.2) is 14.2 Å². The summed E-state index contributed by atoms with van der Waals surface area (Å²) in [5.74, 6) is -0.563. The first-order valence-corrected chi connectivity index (χ1v) is 6.74. The Labute approximate surface area is 126 Å². The largest absolute Gasteiger partial charge is 0.478 e. The lowest BCUT2D eigenvalue weighted by Gasteiger charge is -2.09. The van der Waals surface area contributed by atoms with Gasteiger partial charge in [0.15, 0.2) is 0 Å². The van der Waals surface area contributed by atoms with Gasteiger partial charge in [0.05, 0.1) is 5.56 Å². The van der Waals surface area contributed by atoms with Crippen LogP contribution in [0.1, 0.15) is 15.9 Å². The van der Waals surface area contributed by atoms with Crippen LogP contribution in [0, 0.1) is 5.82 Å². The van der Waals surface area contributed by atoms with Crippen LogP contribution in [0.2, 0.25) is 0 Å². The van der Waals surface area contributed by atoms with Gasteiger partial charge >= 0.3 is 5.97 Å². The molecule has 22 heavy (non-hydrogen) atoms. The molecule has 0 saturated heterocycles. The zero-order chi connectivity index (χ0) is 15.5. The Morgan fingerprint density at radius 3 is 2.64 bits per heavy atom. The number of hydrogen-bond donors (Lipinski definition) is 2. The monoisotopic (exact) mass is 296 g/mol. The van der Waals surface area contributed by atoms with E-state index in [0.717, 1.165) is 16.3 Å². The fourth-order valence-corrected chi connectivity index (χ4v) is 2.24. The summed E-state index contributed by atoms with van der Waals surface area (Å²) in [6.45, 7) is 0.507. The molecule has 0 amide bonds. The minimum atomic E-state index is -0.959. The summed E-state index contributed by atoms with van der Waals surface area (Å²) >= 11 is 0. The third-order valence-electron chi connectivity index (χ3n) is 3.38. The second kappa shape index (κ2) is 5.81. The Balaban J connectivity index is 1.87. The molecule has 0 radical (unpaired) electrons. The summed E-state index contributed by atoms with van der Waals surface area (Å²) in [7, 11) is 0. The number of nitrogens with zero attached hydrogens (tertiary/aromatic N) is 1. The van der Waals surface area contributed by atoms with E-state index in [2.05, 4.69) is 10.3 Å². The van der Waals surface area contributed by atoms with Gasteiger partial charge in [-0.05, 0) is 47.3 Å². The lowest BCUT2D eigenvalue weighted by molar-refractivity contribution is 0.0697. The fraction of sp³-hybridized carbons (Fsp3) is 0.0588. The van der Waals surface area contributed by atoms with Crippen LogP contribution >= 0.6 is 0 Å². The molecule has 2 N–H and O–H groups in total. The molecule has 2 aromatic carbocycles. The summed E-state index contributed by atoms with van der Waals surface area (Å²) in [5.41, 5.74) is 1.17. The molecule has 0 unspecified atom stereocenters. The maximum atomic E-state index is 12.9. The Morgan fingerprint density at radius 1 is 1.14 bits per heavy atom. The van der Waals surface area contributed by atoms with Gasteiger partial charge in [0.1, 0.15) is 11.6 Å². The normalized spacial score (nSPS) is 10.6. The quantitative estimate of drug-likeness (QED) is 0.771. The summed E-state index contributed by atoms with van der Waals surface area (Å²) in [6.07, 6.45) is 1.63. The van der Waals surface area contributed by atoms with E-state index in [1.54, 1.807) is 42.6 Å². The van der Waals surface area contributed by atoms with Gasteiger partial charge in [0, 0.05) is 18.1 Å². The van der Waals surface area contributed by atoms with E-state index in [9.17, 15) is 9.18 Å². The van der Waals surface area contributed by atoms with Crippen molar-refractivity contribution >= 4 is 22.6 Å². The number of hydrogen-bond acceptors (Lipinski definition) is 3. The van der Waals surface area contributed by atoms with Gasteiger partial charge in [-0.2, -0.15) is 0 Å². The first kappa shape index (κ1) is 14.0. The predicted octanol–water partition coefficient (Wildman–Crippen LogP) is 3.68. The predicted molar refractivity (Wildman–Crippen MR) is 82.4 cm³/mol. The standard InChI is InChI=1S/C17H13FN2O2/c18-14-4-1-11(2-5-14)10-20-16-15-6-3-13(17(21)22)9-12(15)7-8-19-16/h1-9H,10H2,(H,19,20)(H,21,22). The number of nitrogens with one attached hydrogen (secondary N) is 1. The average Bonchev–Trinajstić information content (AvgIpc) is 2.53. The van der Waals surface area contributed by atoms with Crippen molar-refractivity contribution in [3.63, 3.8) is 0 Å². The van der Waals surface area contributed by atoms with Gasteiger partial charge in [0.2, 0.25) is 0 Å². The highest BCUT2D eigenvalue weighted by Crippen LogP contribution is 2.22. The molecule has 0 atom stereocenters. The molecule has 3 rings (SSSR count). The molecule has 5 heteroatoms. The van der Waals surface area contributed by atoms with Gasteiger partial charge in [0.25, 0.3) is 0 Å². The number of halogens is 1. The van der Waals surface area contributed by atoms with Crippen molar-refractivity contribution in [2.45, 2.75) is 6.54 Å². The number of fused-ring (bicyclic) bond motifs is 1. The molecule has 0 spiro atoms. The third-order valence-corrected chi connectivity index (χ3v) is 3.38. The summed E-state index contributed by atoms with van der Waals surface area (Å²) < 4.78 is 12.9. The van der Waals surface area contributed by atoms with Crippen molar-refractivity contribution in [3.05, 3.63) is 71.7 Å². The van der Waals surface area contributed by atoms with Crippen molar-refractivity contribution in [2.24, 2.45) is 0 Å². The van der Waals surface area contributed by atoms with E-state index in [-0.39, 0.29) is 11.4 Å². The number of pyridine rings is 1. The van der Waals surface area contributed by atoms with Crippen LogP contribution in [-0.2, 0) is 6.54 Å². The molecular weight excluding hydrogens is 283 g/mol. The van der Waals surface area contributed by atoms with Crippen LogP contribution in [0.5, 0.6) is 0 Å². The number of rotatable bonds is 4. The van der Waals surface area contributed by atoms with Crippen LogP contribution in [0.15, 0.2) is 54.7 Å². The number of carbonyl (C=O) groups is 1. The molecule has 0 aliphatic carbocycles. The molecule has 4 nitrogen and oxygen atoms in total. The second-order valence-electron chi connectivity index (χ2n) is 4.88. The molecule has 3 aromatic rings. The van der Waals surface area contributed by atoms with Gasteiger partial charge in [-0.1, -0.05) is 12.1 Å². The van der Waals surface area contributed by atoms with E-state index in [0.29, 0.717) is 12.4 Å². The number of anilines is 1. The molecule has 1 heterocycles. The SMILES string of the molecule is O=C(O)c1ccc2c(NCc3ccc(F)cc3)nccc2c1. The zero-order valence-corrected chi connectivity index (χ0v) is 11.6. The second-order valence-corrected chi connectivity index (χ2v) is 4.88. The number of aromatic nitrogens is 1. The van der Waals surface area contributed by atoms with Crippen LogP contribution in [-0.4, -0.2) is 16.1 Å². The Hall–Kier alpha value is -2.95. The van der Waals surface area contributed by atoms with Crippen molar-refractivity contribution < 1.29 is 14.3 Å². The lowest BCUT2D eigenvalue weighted by atomic mass is 10.1. The summed E-state index contributed by atoms with van der Waals surface area (Å²) in [4.78, 5) is 15.3. The number of benzene rings is 2. The van der Waals surface area contributed by atoms with Crippen LogP contribution in [0.4, 0.5) is 10.2 Å². The highest BCUT2D eigenvalue weighted by atomic mass is 19.1. The zero-order valence-electron chi connectivity index (χ0n) is 11.6. The minimum Gasteiger partial charge on any atom is -0.478 e. The topological polar surface area (TPSA) is 62.2 Å². The molecule has 0 aliphatic heterocycles. The average molecular weight is 296 g/mol. The Bertz CT molecular complexity index is 832. The molecule has 0 fully saturated rings. The van der Waals surface area contributed by atoms with E-state index >= 15 is 0 Å². The van der Waals surface area contributed by atoms with Crippen molar-refractivity contribution in [3.8, 4) is 0 Å². The smallest absolute Gasteiger partial charge is 0.335 e. The molecule has 0 bridgehead atoms. The lowest BCUT2D eigenvalue weighted by Crippen LogP contribution is -2.02. The molecule has 0 aliphatic rings. The van der Waals surface area contributed by atoms with Crippen LogP contribution in [0.3, 0.4) is 0 Å². The minimum absolute atomic E-state index is 0.239. The third kappa shape index (κ3) is 2.88.